The monoisotopic (exact) mass is 224 g/mol. The van der Waals surface area contributed by atoms with Gasteiger partial charge in [-0.05, 0) is 50.6 Å². The van der Waals surface area contributed by atoms with Crippen LogP contribution >= 0.6 is 0 Å². The highest BCUT2D eigenvalue weighted by Crippen LogP contribution is 2.33. The first-order valence-electron chi connectivity index (χ1n) is 6.82. The Labute approximate surface area is 98.4 Å². The van der Waals surface area contributed by atoms with E-state index in [-0.39, 0.29) is 5.91 Å². The summed E-state index contributed by atoms with van der Waals surface area (Å²) in [6.07, 6.45) is 8.39. The van der Waals surface area contributed by atoms with E-state index in [1.807, 2.05) is 0 Å². The first-order chi connectivity index (χ1) is 7.84. The van der Waals surface area contributed by atoms with Crippen LogP contribution in [0.25, 0.3) is 0 Å². The fourth-order valence-electron chi connectivity index (χ4n) is 2.45. The van der Waals surface area contributed by atoms with Gasteiger partial charge in [0.25, 0.3) is 0 Å². The molecule has 1 amide bonds. The van der Waals surface area contributed by atoms with E-state index in [0.717, 1.165) is 44.8 Å². The van der Waals surface area contributed by atoms with Gasteiger partial charge in [-0.15, -0.1) is 0 Å². The number of hydrogen-bond acceptors (Lipinski definition) is 2. The van der Waals surface area contributed by atoms with E-state index in [1.54, 1.807) is 0 Å². The van der Waals surface area contributed by atoms with Gasteiger partial charge < -0.3 is 10.6 Å². The van der Waals surface area contributed by atoms with Gasteiger partial charge in [0.15, 0.2) is 0 Å². The number of nitrogens with one attached hydrogen (secondary N) is 2. The Morgan fingerprint density at radius 2 is 1.88 bits per heavy atom. The summed E-state index contributed by atoms with van der Waals surface area (Å²) in [5.41, 5.74) is 0. The van der Waals surface area contributed by atoms with Crippen LogP contribution in [0.1, 0.15) is 44.9 Å². The molecule has 1 aliphatic carbocycles. The highest BCUT2D eigenvalue weighted by molar-refractivity contribution is 5.76. The van der Waals surface area contributed by atoms with Crippen molar-refractivity contribution in [3.8, 4) is 0 Å². The van der Waals surface area contributed by atoms with Crippen LogP contribution in [-0.4, -0.2) is 25.5 Å². The topological polar surface area (TPSA) is 41.1 Å². The molecule has 2 rings (SSSR count). The fraction of sp³-hybridized carbons (Fsp3) is 0.923. The van der Waals surface area contributed by atoms with E-state index >= 15 is 0 Å². The molecule has 0 aromatic rings. The molecule has 0 bridgehead atoms. The van der Waals surface area contributed by atoms with E-state index in [2.05, 4.69) is 10.6 Å². The number of piperidine rings is 1. The molecule has 0 radical (unpaired) electrons. The Kier molecular flexibility index (Phi) is 4.64. The van der Waals surface area contributed by atoms with Gasteiger partial charge in [-0.3, -0.25) is 4.79 Å². The maximum Gasteiger partial charge on any atom is 0.220 e. The molecule has 0 atom stereocenters. The number of carbonyl (C=O) groups is 1. The summed E-state index contributed by atoms with van der Waals surface area (Å²) in [6, 6.07) is 0. The SMILES string of the molecule is O=C(CC1CCNCC1)NCCCC1CC1. The maximum absolute atomic E-state index is 11.6. The van der Waals surface area contributed by atoms with Crippen LogP contribution in [-0.2, 0) is 4.79 Å². The second-order valence-electron chi connectivity index (χ2n) is 5.33. The van der Waals surface area contributed by atoms with Crippen molar-refractivity contribution < 1.29 is 4.79 Å². The van der Waals surface area contributed by atoms with Crippen molar-refractivity contribution in [1.82, 2.24) is 10.6 Å². The van der Waals surface area contributed by atoms with Gasteiger partial charge >= 0.3 is 0 Å². The third kappa shape index (κ3) is 4.52. The lowest BCUT2D eigenvalue weighted by molar-refractivity contribution is -0.122. The largest absolute Gasteiger partial charge is 0.356 e. The van der Waals surface area contributed by atoms with Crippen LogP contribution in [0.3, 0.4) is 0 Å². The lowest BCUT2D eigenvalue weighted by Crippen LogP contribution is -2.32. The zero-order chi connectivity index (χ0) is 11.2. The lowest BCUT2D eigenvalue weighted by atomic mass is 9.94. The zero-order valence-electron chi connectivity index (χ0n) is 10.1. The molecule has 2 aliphatic rings. The standard InChI is InChI=1S/C13H24N2O/c16-13(10-12-5-8-14-9-6-12)15-7-1-2-11-3-4-11/h11-12,14H,1-10H2,(H,15,16). The fourth-order valence-corrected chi connectivity index (χ4v) is 2.45. The van der Waals surface area contributed by atoms with E-state index in [4.69, 9.17) is 0 Å². The summed E-state index contributed by atoms with van der Waals surface area (Å²) in [6.45, 7) is 3.06. The Morgan fingerprint density at radius 1 is 1.12 bits per heavy atom. The molecule has 0 aromatic carbocycles. The summed E-state index contributed by atoms with van der Waals surface area (Å²) >= 11 is 0. The molecule has 2 N–H and O–H groups in total. The van der Waals surface area contributed by atoms with Gasteiger partial charge in [0.05, 0.1) is 0 Å². The first kappa shape index (κ1) is 11.9. The van der Waals surface area contributed by atoms with E-state index < -0.39 is 0 Å². The highest BCUT2D eigenvalue weighted by Gasteiger charge is 2.20. The predicted octanol–water partition coefficient (Wildman–Crippen LogP) is 1.68. The smallest absolute Gasteiger partial charge is 0.220 e. The zero-order valence-corrected chi connectivity index (χ0v) is 10.1. The predicted molar refractivity (Wildman–Crippen MR) is 65.2 cm³/mol. The van der Waals surface area contributed by atoms with Gasteiger partial charge in [-0.2, -0.15) is 0 Å². The normalized spacial score (nSPS) is 22.0. The molecule has 0 unspecified atom stereocenters. The Balaban J connectivity index is 1.49. The molecule has 1 heterocycles. The molecule has 0 spiro atoms. The minimum Gasteiger partial charge on any atom is -0.356 e. The van der Waals surface area contributed by atoms with Crippen LogP contribution in [0.4, 0.5) is 0 Å². The molecule has 1 saturated heterocycles. The minimum absolute atomic E-state index is 0.266. The molecule has 1 aliphatic heterocycles. The number of amides is 1. The van der Waals surface area contributed by atoms with Crippen molar-refractivity contribution in [3.05, 3.63) is 0 Å². The summed E-state index contributed by atoms with van der Waals surface area (Å²) in [7, 11) is 0. The van der Waals surface area contributed by atoms with Crippen molar-refractivity contribution in [2.75, 3.05) is 19.6 Å². The second-order valence-corrected chi connectivity index (χ2v) is 5.33. The van der Waals surface area contributed by atoms with Crippen LogP contribution in [0.2, 0.25) is 0 Å². The summed E-state index contributed by atoms with van der Waals surface area (Å²) < 4.78 is 0. The number of hydrogen-bond donors (Lipinski definition) is 2. The van der Waals surface area contributed by atoms with Crippen LogP contribution in [0.5, 0.6) is 0 Å². The van der Waals surface area contributed by atoms with Crippen molar-refractivity contribution in [1.29, 1.82) is 0 Å². The van der Waals surface area contributed by atoms with E-state index in [0.29, 0.717) is 5.92 Å². The summed E-state index contributed by atoms with van der Waals surface area (Å²) in [4.78, 5) is 11.6. The van der Waals surface area contributed by atoms with Crippen LogP contribution < -0.4 is 10.6 Å². The Morgan fingerprint density at radius 3 is 2.56 bits per heavy atom. The van der Waals surface area contributed by atoms with Crippen molar-refractivity contribution in [2.24, 2.45) is 11.8 Å². The van der Waals surface area contributed by atoms with Gasteiger partial charge in [-0.1, -0.05) is 12.8 Å². The molecule has 0 aromatic heterocycles. The quantitative estimate of drug-likeness (QED) is 0.674. The highest BCUT2D eigenvalue weighted by atomic mass is 16.1. The second kappa shape index (κ2) is 6.24. The molecule has 92 valence electrons. The molecule has 3 heteroatoms. The van der Waals surface area contributed by atoms with Gasteiger partial charge in [0.1, 0.15) is 0 Å². The van der Waals surface area contributed by atoms with E-state index in [1.165, 1.54) is 25.7 Å². The lowest BCUT2D eigenvalue weighted by Gasteiger charge is -2.21. The molecule has 1 saturated carbocycles. The molecular weight excluding hydrogens is 200 g/mol. The van der Waals surface area contributed by atoms with Gasteiger partial charge in [0, 0.05) is 13.0 Å². The van der Waals surface area contributed by atoms with Crippen molar-refractivity contribution in [2.45, 2.75) is 44.9 Å². The summed E-state index contributed by atoms with van der Waals surface area (Å²) in [5, 5.41) is 6.38. The van der Waals surface area contributed by atoms with Gasteiger partial charge in [0.2, 0.25) is 5.91 Å². The van der Waals surface area contributed by atoms with Crippen molar-refractivity contribution >= 4 is 5.91 Å². The third-order valence-electron chi connectivity index (χ3n) is 3.74. The Hall–Kier alpha value is -0.570. The average molecular weight is 224 g/mol. The number of carbonyl (C=O) groups excluding carboxylic acids is 1. The van der Waals surface area contributed by atoms with Gasteiger partial charge in [-0.25, -0.2) is 0 Å². The summed E-state index contributed by atoms with van der Waals surface area (Å²) in [5.74, 6) is 1.87. The average Bonchev–Trinajstić information content (AvgIpc) is 3.10. The molecule has 16 heavy (non-hydrogen) atoms. The van der Waals surface area contributed by atoms with Crippen molar-refractivity contribution in [3.63, 3.8) is 0 Å². The molecule has 3 nitrogen and oxygen atoms in total. The molecule has 2 fully saturated rings. The van der Waals surface area contributed by atoms with Crippen LogP contribution in [0.15, 0.2) is 0 Å². The third-order valence-corrected chi connectivity index (χ3v) is 3.74. The minimum atomic E-state index is 0.266. The number of rotatable bonds is 6. The molecular formula is C13H24N2O. The first-order valence-corrected chi connectivity index (χ1v) is 6.82. The maximum atomic E-state index is 11.6. The van der Waals surface area contributed by atoms with E-state index in [9.17, 15) is 4.79 Å². The van der Waals surface area contributed by atoms with Crippen LogP contribution in [0, 0.1) is 11.8 Å². The Bertz CT molecular complexity index is 220.